The van der Waals surface area contributed by atoms with Gasteiger partial charge in [0.2, 0.25) is 15.9 Å². The highest BCUT2D eigenvalue weighted by molar-refractivity contribution is 7.89. The highest BCUT2D eigenvalue weighted by atomic mass is 32.2. The van der Waals surface area contributed by atoms with Gasteiger partial charge in [-0.3, -0.25) is 4.79 Å². The van der Waals surface area contributed by atoms with Crippen LogP contribution >= 0.6 is 0 Å². The van der Waals surface area contributed by atoms with Crippen LogP contribution in [0.15, 0.2) is 0 Å². The lowest BCUT2D eigenvalue weighted by Gasteiger charge is -2.12. The summed E-state index contributed by atoms with van der Waals surface area (Å²) < 4.78 is 23.6. The van der Waals surface area contributed by atoms with Gasteiger partial charge in [0.05, 0.1) is 11.8 Å². The highest BCUT2D eigenvalue weighted by Crippen LogP contribution is 1.92. The van der Waals surface area contributed by atoms with E-state index in [0.29, 0.717) is 0 Å². The molecule has 0 aromatic rings. The molecular formula is C7H17N3O3S. The van der Waals surface area contributed by atoms with Crippen molar-refractivity contribution in [2.24, 2.45) is 5.73 Å². The molecule has 0 unspecified atom stereocenters. The fourth-order valence-electron chi connectivity index (χ4n) is 0.647. The smallest absolute Gasteiger partial charge is 0.236 e. The summed E-state index contributed by atoms with van der Waals surface area (Å²) in [5.74, 6) is -0.461. The van der Waals surface area contributed by atoms with Gasteiger partial charge in [-0.1, -0.05) is 0 Å². The van der Waals surface area contributed by atoms with Crippen LogP contribution in [-0.2, 0) is 14.8 Å². The zero-order chi connectivity index (χ0) is 11.4. The Morgan fingerprint density at radius 1 is 1.50 bits per heavy atom. The van der Waals surface area contributed by atoms with Crippen molar-refractivity contribution in [1.82, 2.24) is 9.62 Å². The molecule has 7 heteroatoms. The zero-order valence-corrected chi connectivity index (χ0v) is 9.47. The lowest BCUT2D eigenvalue weighted by Crippen LogP contribution is -2.41. The lowest BCUT2D eigenvalue weighted by atomic mass is 10.3. The van der Waals surface area contributed by atoms with Crippen LogP contribution in [-0.4, -0.2) is 51.1 Å². The minimum atomic E-state index is -3.24. The molecule has 0 spiro atoms. The largest absolute Gasteiger partial charge is 0.354 e. The third kappa shape index (κ3) is 4.54. The number of nitrogens with two attached hydrogens (primary N) is 1. The topological polar surface area (TPSA) is 92.5 Å². The molecule has 0 fully saturated rings. The first-order valence-electron chi connectivity index (χ1n) is 4.21. The molecule has 0 heterocycles. The van der Waals surface area contributed by atoms with Gasteiger partial charge in [-0.05, 0) is 6.92 Å². The maximum Gasteiger partial charge on any atom is 0.236 e. The Labute approximate surface area is 84.5 Å². The number of hydrogen-bond acceptors (Lipinski definition) is 4. The Balaban J connectivity index is 3.93. The van der Waals surface area contributed by atoms with Crippen molar-refractivity contribution < 1.29 is 13.2 Å². The number of sulfonamides is 1. The number of carbonyl (C=O) groups is 1. The average Bonchev–Trinajstić information content (AvgIpc) is 2.03. The molecular weight excluding hydrogens is 206 g/mol. The summed E-state index contributed by atoms with van der Waals surface area (Å²) in [5, 5.41) is 2.42. The van der Waals surface area contributed by atoms with Gasteiger partial charge in [-0.15, -0.1) is 0 Å². The summed E-state index contributed by atoms with van der Waals surface area (Å²) >= 11 is 0. The number of carbonyl (C=O) groups excluding carboxylic acids is 1. The molecule has 0 rings (SSSR count). The number of hydrogen-bond donors (Lipinski definition) is 2. The molecule has 0 aliphatic heterocycles. The third-order valence-corrected chi connectivity index (χ3v) is 3.46. The molecule has 3 N–H and O–H groups in total. The molecule has 84 valence electrons. The zero-order valence-electron chi connectivity index (χ0n) is 8.65. The molecule has 0 radical (unpaired) electrons. The fraction of sp³-hybridized carbons (Fsp3) is 0.857. The van der Waals surface area contributed by atoms with Gasteiger partial charge in [-0.2, -0.15) is 0 Å². The van der Waals surface area contributed by atoms with Crippen molar-refractivity contribution in [2.75, 3.05) is 26.4 Å². The van der Waals surface area contributed by atoms with Crippen LogP contribution < -0.4 is 11.1 Å². The summed E-state index contributed by atoms with van der Waals surface area (Å²) in [6.07, 6.45) is 0. The van der Waals surface area contributed by atoms with E-state index in [9.17, 15) is 13.2 Å². The number of nitrogens with one attached hydrogen (secondary N) is 1. The quantitative estimate of drug-likeness (QED) is 0.583. The van der Waals surface area contributed by atoms with E-state index in [0.717, 1.165) is 4.31 Å². The van der Waals surface area contributed by atoms with Crippen LogP contribution in [0.1, 0.15) is 6.92 Å². The molecule has 0 aromatic heterocycles. The SMILES string of the molecule is C[C@@H](N)C(=O)NCCS(=O)(=O)N(C)C. The number of amides is 1. The van der Waals surface area contributed by atoms with E-state index in [4.69, 9.17) is 5.73 Å². The first-order valence-corrected chi connectivity index (χ1v) is 5.82. The second-order valence-corrected chi connectivity index (χ2v) is 5.48. The van der Waals surface area contributed by atoms with Gasteiger partial charge in [0, 0.05) is 20.6 Å². The Kier molecular flexibility index (Phi) is 5.03. The minimum absolute atomic E-state index is 0.0842. The molecule has 0 aliphatic rings. The van der Waals surface area contributed by atoms with E-state index in [-0.39, 0.29) is 18.2 Å². The number of nitrogens with zero attached hydrogens (tertiary/aromatic N) is 1. The predicted octanol–water partition coefficient (Wildman–Crippen LogP) is -1.66. The maximum atomic E-state index is 11.2. The second-order valence-electron chi connectivity index (χ2n) is 3.18. The highest BCUT2D eigenvalue weighted by Gasteiger charge is 2.14. The van der Waals surface area contributed by atoms with Crippen LogP contribution in [0.3, 0.4) is 0 Å². The van der Waals surface area contributed by atoms with Crippen LogP contribution in [0.25, 0.3) is 0 Å². The molecule has 0 bridgehead atoms. The van der Waals surface area contributed by atoms with Crippen LogP contribution in [0.5, 0.6) is 0 Å². The summed E-state index contributed by atoms with van der Waals surface area (Å²) in [6.45, 7) is 1.62. The van der Waals surface area contributed by atoms with Crippen molar-refractivity contribution in [2.45, 2.75) is 13.0 Å². The van der Waals surface area contributed by atoms with Crippen molar-refractivity contribution in [3.63, 3.8) is 0 Å². The van der Waals surface area contributed by atoms with E-state index in [1.54, 1.807) is 0 Å². The molecule has 1 atom stereocenters. The van der Waals surface area contributed by atoms with Crippen LogP contribution in [0.2, 0.25) is 0 Å². The van der Waals surface area contributed by atoms with Crippen molar-refractivity contribution >= 4 is 15.9 Å². The Hall–Kier alpha value is -0.660. The van der Waals surface area contributed by atoms with E-state index in [2.05, 4.69) is 5.32 Å². The molecule has 6 nitrogen and oxygen atoms in total. The van der Waals surface area contributed by atoms with Gasteiger partial charge < -0.3 is 11.1 Å². The Morgan fingerprint density at radius 2 is 2.00 bits per heavy atom. The van der Waals surface area contributed by atoms with E-state index < -0.39 is 16.1 Å². The lowest BCUT2D eigenvalue weighted by molar-refractivity contribution is -0.121. The summed E-state index contributed by atoms with van der Waals surface area (Å²) in [5.41, 5.74) is 5.27. The summed E-state index contributed by atoms with van der Waals surface area (Å²) in [6, 6.07) is -0.614. The van der Waals surface area contributed by atoms with Crippen LogP contribution in [0, 0.1) is 0 Å². The monoisotopic (exact) mass is 223 g/mol. The molecule has 0 saturated heterocycles. The first-order chi connectivity index (χ1) is 6.27. The predicted molar refractivity (Wildman–Crippen MR) is 54.1 cm³/mol. The van der Waals surface area contributed by atoms with Gasteiger partial charge in [0.15, 0.2) is 0 Å². The summed E-state index contributed by atoms with van der Waals surface area (Å²) in [7, 11) is -0.348. The standard InChI is InChI=1S/C7H17N3O3S/c1-6(8)7(11)9-4-5-14(12,13)10(2)3/h6H,4-5,8H2,1-3H3,(H,9,11)/t6-/m1/s1. The third-order valence-electron chi connectivity index (χ3n) is 1.63. The van der Waals surface area contributed by atoms with Crippen molar-refractivity contribution in [1.29, 1.82) is 0 Å². The first kappa shape index (κ1) is 13.3. The normalized spacial score (nSPS) is 14.1. The molecule has 14 heavy (non-hydrogen) atoms. The minimum Gasteiger partial charge on any atom is -0.354 e. The fourth-order valence-corrected chi connectivity index (χ4v) is 1.37. The van der Waals surface area contributed by atoms with Gasteiger partial charge in [0.25, 0.3) is 0 Å². The molecule has 0 saturated carbocycles. The Morgan fingerprint density at radius 3 is 2.36 bits per heavy atom. The Bertz CT molecular complexity index is 285. The van der Waals surface area contributed by atoms with E-state index in [1.807, 2.05) is 0 Å². The molecule has 1 amide bonds. The van der Waals surface area contributed by atoms with E-state index >= 15 is 0 Å². The summed E-state index contributed by atoms with van der Waals surface area (Å²) in [4.78, 5) is 11.0. The van der Waals surface area contributed by atoms with Gasteiger partial charge in [0.1, 0.15) is 0 Å². The van der Waals surface area contributed by atoms with Gasteiger partial charge in [-0.25, -0.2) is 12.7 Å². The molecule has 0 aromatic carbocycles. The van der Waals surface area contributed by atoms with Crippen LogP contribution in [0.4, 0.5) is 0 Å². The molecule has 0 aliphatic carbocycles. The van der Waals surface area contributed by atoms with Crippen molar-refractivity contribution in [3.05, 3.63) is 0 Å². The second kappa shape index (κ2) is 5.28. The average molecular weight is 223 g/mol. The van der Waals surface area contributed by atoms with Gasteiger partial charge >= 0.3 is 0 Å². The van der Waals surface area contributed by atoms with Crippen molar-refractivity contribution in [3.8, 4) is 0 Å². The maximum absolute atomic E-state index is 11.2. The van der Waals surface area contributed by atoms with E-state index in [1.165, 1.54) is 21.0 Å². The number of rotatable bonds is 5.